The van der Waals surface area contributed by atoms with E-state index in [4.69, 9.17) is 9.47 Å². The molecule has 142 valence electrons. The highest BCUT2D eigenvalue weighted by molar-refractivity contribution is 5.53. The standard InChI is InChI=1S/C24H29NO2/c1-26-23-15-19-13-21(14-20(19)16-24(23)27-2)22(18-8-10-25-11-9-18)12-17-6-4-3-5-7-17/h3-7,15-16,18,25H,8-14H2,1-2H3. The fourth-order valence-electron chi connectivity index (χ4n) is 4.59. The SMILES string of the molecule is COc1cc2c(cc1OC)CC(=C(Cc1ccccc1)C1CCNCC1)C2. The van der Waals surface area contributed by atoms with Crippen LogP contribution in [0.5, 0.6) is 11.5 Å². The maximum absolute atomic E-state index is 5.52. The van der Waals surface area contributed by atoms with Gasteiger partial charge in [0.1, 0.15) is 0 Å². The van der Waals surface area contributed by atoms with E-state index in [0.29, 0.717) is 5.92 Å². The van der Waals surface area contributed by atoms with Crippen LogP contribution in [0.4, 0.5) is 0 Å². The number of nitrogens with one attached hydrogen (secondary N) is 1. The molecule has 0 amide bonds. The fourth-order valence-corrected chi connectivity index (χ4v) is 4.59. The van der Waals surface area contributed by atoms with Crippen molar-refractivity contribution in [2.75, 3.05) is 27.3 Å². The second-order valence-corrected chi connectivity index (χ2v) is 7.64. The molecule has 2 aliphatic rings. The van der Waals surface area contributed by atoms with E-state index >= 15 is 0 Å². The molecule has 2 aromatic rings. The molecule has 0 spiro atoms. The van der Waals surface area contributed by atoms with Gasteiger partial charge < -0.3 is 14.8 Å². The molecule has 1 heterocycles. The Balaban J connectivity index is 1.68. The summed E-state index contributed by atoms with van der Waals surface area (Å²) >= 11 is 0. The molecular formula is C24H29NO2. The second-order valence-electron chi connectivity index (χ2n) is 7.64. The van der Waals surface area contributed by atoms with E-state index in [1.807, 2.05) is 0 Å². The van der Waals surface area contributed by atoms with Gasteiger partial charge in [-0.1, -0.05) is 41.5 Å². The first-order chi connectivity index (χ1) is 13.3. The summed E-state index contributed by atoms with van der Waals surface area (Å²) in [5.41, 5.74) is 7.47. The maximum Gasteiger partial charge on any atom is 0.161 e. The van der Waals surface area contributed by atoms with Gasteiger partial charge in [0.05, 0.1) is 14.2 Å². The van der Waals surface area contributed by atoms with E-state index in [-0.39, 0.29) is 0 Å². The third-order valence-corrected chi connectivity index (χ3v) is 6.04. The van der Waals surface area contributed by atoms with Gasteiger partial charge in [0.15, 0.2) is 11.5 Å². The number of allylic oxidation sites excluding steroid dienone is 2. The quantitative estimate of drug-likeness (QED) is 0.802. The minimum atomic E-state index is 0.694. The lowest BCUT2D eigenvalue weighted by molar-refractivity contribution is 0.354. The molecule has 0 unspecified atom stereocenters. The first-order valence-electron chi connectivity index (χ1n) is 9.97. The number of hydrogen-bond acceptors (Lipinski definition) is 3. The molecule has 1 fully saturated rings. The van der Waals surface area contributed by atoms with Gasteiger partial charge in [-0.05, 0) is 79.9 Å². The molecule has 1 aliphatic carbocycles. The molecule has 3 nitrogen and oxygen atoms in total. The van der Waals surface area contributed by atoms with Gasteiger partial charge in [-0.25, -0.2) is 0 Å². The molecule has 0 atom stereocenters. The summed E-state index contributed by atoms with van der Waals surface area (Å²) in [6.45, 7) is 2.26. The van der Waals surface area contributed by atoms with Crippen LogP contribution in [0.3, 0.4) is 0 Å². The van der Waals surface area contributed by atoms with Gasteiger partial charge in [0.2, 0.25) is 0 Å². The van der Waals surface area contributed by atoms with Crippen molar-refractivity contribution in [2.24, 2.45) is 5.92 Å². The summed E-state index contributed by atoms with van der Waals surface area (Å²) < 4.78 is 11.0. The molecule has 0 radical (unpaired) electrons. The molecule has 27 heavy (non-hydrogen) atoms. The zero-order chi connectivity index (χ0) is 18.6. The maximum atomic E-state index is 5.52. The van der Waals surface area contributed by atoms with Crippen molar-refractivity contribution in [1.82, 2.24) is 5.32 Å². The van der Waals surface area contributed by atoms with Crippen LogP contribution in [0.25, 0.3) is 0 Å². The Morgan fingerprint density at radius 1 is 0.926 bits per heavy atom. The summed E-state index contributed by atoms with van der Waals surface area (Å²) in [5, 5.41) is 3.52. The molecule has 1 N–H and O–H groups in total. The van der Waals surface area contributed by atoms with Gasteiger partial charge in [-0.2, -0.15) is 0 Å². The smallest absolute Gasteiger partial charge is 0.161 e. The Morgan fingerprint density at radius 2 is 1.52 bits per heavy atom. The Bertz CT molecular complexity index is 785. The minimum absolute atomic E-state index is 0.694. The van der Waals surface area contributed by atoms with Crippen LogP contribution >= 0.6 is 0 Å². The highest BCUT2D eigenvalue weighted by Gasteiger charge is 2.26. The van der Waals surface area contributed by atoms with Crippen LogP contribution in [-0.2, 0) is 19.3 Å². The van der Waals surface area contributed by atoms with Crippen LogP contribution in [0, 0.1) is 5.92 Å². The van der Waals surface area contributed by atoms with Gasteiger partial charge in [0, 0.05) is 0 Å². The number of benzene rings is 2. The number of fused-ring (bicyclic) bond motifs is 1. The van der Waals surface area contributed by atoms with Crippen molar-refractivity contribution >= 4 is 0 Å². The third-order valence-electron chi connectivity index (χ3n) is 6.04. The van der Waals surface area contributed by atoms with E-state index in [2.05, 4.69) is 47.8 Å². The van der Waals surface area contributed by atoms with Crippen molar-refractivity contribution in [3.8, 4) is 11.5 Å². The van der Waals surface area contributed by atoms with Crippen LogP contribution in [0.15, 0.2) is 53.6 Å². The molecule has 3 heteroatoms. The van der Waals surface area contributed by atoms with Gasteiger partial charge in [-0.15, -0.1) is 0 Å². The molecular weight excluding hydrogens is 334 g/mol. The van der Waals surface area contributed by atoms with Gasteiger partial charge >= 0.3 is 0 Å². The van der Waals surface area contributed by atoms with Crippen molar-refractivity contribution in [1.29, 1.82) is 0 Å². The summed E-state index contributed by atoms with van der Waals surface area (Å²) in [4.78, 5) is 0. The lowest BCUT2D eigenvalue weighted by Gasteiger charge is -2.27. The molecule has 0 aromatic heterocycles. The second kappa shape index (κ2) is 8.18. The monoisotopic (exact) mass is 363 g/mol. The zero-order valence-corrected chi connectivity index (χ0v) is 16.4. The molecule has 0 bridgehead atoms. The van der Waals surface area contributed by atoms with Crippen molar-refractivity contribution < 1.29 is 9.47 Å². The Morgan fingerprint density at radius 3 is 2.07 bits per heavy atom. The number of rotatable bonds is 5. The van der Waals surface area contributed by atoms with Crippen LogP contribution in [0.2, 0.25) is 0 Å². The van der Waals surface area contributed by atoms with E-state index in [1.165, 1.54) is 29.5 Å². The molecule has 0 saturated carbocycles. The summed E-state index contributed by atoms with van der Waals surface area (Å²) in [7, 11) is 3.43. The first-order valence-corrected chi connectivity index (χ1v) is 9.97. The Kier molecular flexibility index (Phi) is 5.49. The minimum Gasteiger partial charge on any atom is -0.493 e. The van der Waals surface area contributed by atoms with Crippen LogP contribution in [0.1, 0.15) is 29.5 Å². The van der Waals surface area contributed by atoms with Gasteiger partial charge in [0.25, 0.3) is 0 Å². The van der Waals surface area contributed by atoms with Crippen molar-refractivity contribution in [3.63, 3.8) is 0 Å². The normalized spacial score (nSPS) is 16.9. The number of hydrogen-bond donors (Lipinski definition) is 1. The van der Waals surface area contributed by atoms with E-state index in [9.17, 15) is 0 Å². The van der Waals surface area contributed by atoms with E-state index in [0.717, 1.165) is 43.9 Å². The molecule has 1 saturated heterocycles. The highest BCUT2D eigenvalue weighted by Crippen LogP contribution is 2.39. The highest BCUT2D eigenvalue weighted by atomic mass is 16.5. The van der Waals surface area contributed by atoms with Crippen LogP contribution < -0.4 is 14.8 Å². The molecule has 2 aromatic carbocycles. The van der Waals surface area contributed by atoms with Crippen LogP contribution in [-0.4, -0.2) is 27.3 Å². The number of methoxy groups -OCH3 is 2. The number of ether oxygens (including phenoxy) is 2. The average molecular weight is 364 g/mol. The Hall–Kier alpha value is -2.26. The predicted octanol–water partition coefficient (Wildman–Crippen LogP) is 4.34. The van der Waals surface area contributed by atoms with Crippen molar-refractivity contribution in [2.45, 2.75) is 32.1 Å². The lowest BCUT2D eigenvalue weighted by atomic mass is 9.82. The number of piperidine rings is 1. The predicted molar refractivity (Wildman–Crippen MR) is 110 cm³/mol. The van der Waals surface area contributed by atoms with E-state index < -0.39 is 0 Å². The molecule has 4 rings (SSSR count). The Labute approximate surface area is 162 Å². The van der Waals surface area contributed by atoms with E-state index in [1.54, 1.807) is 25.4 Å². The third kappa shape index (κ3) is 3.89. The first kappa shape index (κ1) is 18.1. The summed E-state index contributed by atoms with van der Waals surface area (Å²) in [5.74, 6) is 2.37. The zero-order valence-electron chi connectivity index (χ0n) is 16.4. The largest absolute Gasteiger partial charge is 0.493 e. The summed E-state index contributed by atoms with van der Waals surface area (Å²) in [6, 6.07) is 15.3. The fraction of sp³-hybridized carbons (Fsp3) is 0.417. The topological polar surface area (TPSA) is 30.5 Å². The summed E-state index contributed by atoms with van der Waals surface area (Å²) in [6.07, 6.45) is 5.65. The van der Waals surface area contributed by atoms with Gasteiger partial charge in [-0.3, -0.25) is 0 Å². The average Bonchev–Trinajstić information content (AvgIpc) is 3.14. The molecule has 1 aliphatic heterocycles. The lowest BCUT2D eigenvalue weighted by Crippen LogP contribution is -2.29. The van der Waals surface area contributed by atoms with Crippen molar-refractivity contribution in [3.05, 3.63) is 70.3 Å².